The van der Waals surface area contributed by atoms with Crippen molar-refractivity contribution in [3.05, 3.63) is 0 Å². The van der Waals surface area contributed by atoms with E-state index in [2.05, 4.69) is 42.8 Å². The third kappa shape index (κ3) is 6.33. The Morgan fingerprint density at radius 1 is 1.03 bits per heavy atom. The first kappa shape index (κ1) is 23.3. The Morgan fingerprint density at radius 3 is 2.37 bits per heavy atom. The van der Waals surface area contributed by atoms with Gasteiger partial charge < -0.3 is 19.9 Å². The molecule has 3 rings (SSSR count). The third-order valence-electron chi connectivity index (χ3n) is 6.60. The van der Waals surface area contributed by atoms with Crippen LogP contribution in [0.25, 0.3) is 0 Å². The third-order valence-corrected chi connectivity index (χ3v) is 6.60. The lowest BCUT2D eigenvalue weighted by Gasteiger charge is -2.40. The minimum Gasteiger partial charge on any atom is -0.377 e. The topological polar surface area (TPSA) is 60.4 Å². The van der Waals surface area contributed by atoms with Crippen LogP contribution in [-0.2, 0) is 9.53 Å². The van der Waals surface area contributed by atoms with E-state index in [4.69, 9.17) is 9.73 Å². The molecule has 3 fully saturated rings. The number of carbonyl (C=O) groups is 1. The smallest absolute Gasteiger partial charge is 0.236 e. The van der Waals surface area contributed by atoms with E-state index in [1.54, 1.807) is 0 Å². The Labute approximate surface area is 183 Å². The maximum absolute atomic E-state index is 12.4. The molecular formula is C23H43N5O2. The van der Waals surface area contributed by atoms with E-state index < -0.39 is 0 Å². The quantitative estimate of drug-likeness (QED) is 0.544. The fourth-order valence-corrected chi connectivity index (χ4v) is 4.99. The normalized spacial score (nSPS) is 26.9. The molecule has 3 aliphatic heterocycles. The molecule has 0 bridgehead atoms. The van der Waals surface area contributed by atoms with Crippen LogP contribution < -0.4 is 5.32 Å². The summed E-state index contributed by atoms with van der Waals surface area (Å²) < 4.78 is 6.14. The maximum Gasteiger partial charge on any atom is 0.236 e. The van der Waals surface area contributed by atoms with Gasteiger partial charge in [0.2, 0.25) is 5.91 Å². The number of nitrogens with zero attached hydrogens (tertiary/aromatic N) is 4. The van der Waals surface area contributed by atoms with E-state index >= 15 is 0 Å². The van der Waals surface area contributed by atoms with Crippen molar-refractivity contribution in [2.45, 2.75) is 59.5 Å². The zero-order chi connectivity index (χ0) is 21.6. The van der Waals surface area contributed by atoms with E-state index in [1.165, 1.54) is 6.42 Å². The van der Waals surface area contributed by atoms with Gasteiger partial charge in [-0.3, -0.25) is 14.7 Å². The van der Waals surface area contributed by atoms with Crippen LogP contribution in [0.4, 0.5) is 0 Å². The summed E-state index contributed by atoms with van der Waals surface area (Å²) in [4.78, 5) is 24.2. The first-order chi connectivity index (χ1) is 14.4. The number of guanidine groups is 1. The summed E-state index contributed by atoms with van der Waals surface area (Å²) in [5.41, 5.74) is 0.145. The van der Waals surface area contributed by atoms with E-state index in [1.807, 2.05) is 4.90 Å². The molecule has 2 atom stereocenters. The number of ether oxygens (including phenoxy) is 1. The van der Waals surface area contributed by atoms with Gasteiger partial charge in [0.1, 0.15) is 0 Å². The lowest BCUT2D eigenvalue weighted by atomic mass is 9.78. The lowest BCUT2D eigenvalue weighted by Crippen LogP contribution is -2.54. The second-order valence-corrected chi connectivity index (χ2v) is 10.1. The first-order valence-electron chi connectivity index (χ1n) is 12.0. The Kier molecular flexibility index (Phi) is 8.40. The number of hydrogen-bond donors (Lipinski definition) is 1. The van der Waals surface area contributed by atoms with E-state index in [0.717, 1.165) is 84.2 Å². The molecule has 0 aliphatic carbocycles. The van der Waals surface area contributed by atoms with Crippen LogP contribution in [0.1, 0.15) is 53.4 Å². The lowest BCUT2D eigenvalue weighted by molar-refractivity contribution is -0.131. The number of amides is 1. The Morgan fingerprint density at radius 2 is 1.73 bits per heavy atom. The zero-order valence-electron chi connectivity index (χ0n) is 19.7. The molecule has 3 heterocycles. The van der Waals surface area contributed by atoms with Gasteiger partial charge in [-0.15, -0.1) is 0 Å². The number of nitrogens with one attached hydrogen (secondary N) is 1. The average Bonchev–Trinajstić information content (AvgIpc) is 3.26. The van der Waals surface area contributed by atoms with E-state index in [9.17, 15) is 4.79 Å². The highest BCUT2D eigenvalue weighted by atomic mass is 16.5. The fraction of sp³-hybridized carbons (Fsp3) is 0.913. The SMILES string of the molecule is CCNC(=NCC1CCCOC1C(C)(C)C)N1CCN(CC(=O)N2CCCC2)CC1. The van der Waals surface area contributed by atoms with Crippen molar-refractivity contribution in [1.82, 2.24) is 20.0 Å². The number of hydrogen-bond acceptors (Lipinski definition) is 4. The van der Waals surface area contributed by atoms with Crippen molar-refractivity contribution in [3.63, 3.8) is 0 Å². The predicted octanol–water partition coefficient (Wildman–Crippen LogP) is 2.03. The molecule has 0 aromatic heterocycles. The molecule has 0 aromatic rings. The summed E-state index contributed by atoms with van der Waals surface area (Å²) in [6.45, 7) is 17.6. The zero-order valence-corrected chi connectivity index (χ0v) is 19.7. The second kappa shape index (κ2) is 10.8. The number of aliphatic imine (C=N–C) groups is 1. The minimum absolute atomic E-state index is 0.145. The van der Waals surface area contributed by atoms with Gasteiger partial charge in [-0.1, -0.05) is 20.8 Å². The molecular weight excluding hydrogens is 378 g/mol. The van der Waals surface area contributed by atoms with Gasteiger partial charge in [0.25, 0.3) is 0 Å². The highest BCUT2D eigenvalue weighted by Crippen LogP contribution is 2.34. The number of carbonyl (C=O) groups excluding carboxylic acids is 1. The van der Waals surface area contributed by atoms with Gasteiger partial charge in [-0.25, -0.2) is 0 Å². The molecule has 1 N–H and O–H groups in total. The highest BCUT2D eigenvalue weighted by molar-refractivity contribution is 5.80. The molecule has 2 unspecified atom stereocenters. The summed E-state index contributed by atoms with van der Waals surface area (Å²) in [6.07, 6.45) is 4.91. The molecule has 7 nitrogen and oxygen atoms in total. The molecule has 0 spiro atoms. The van der Waals surface area contributed by atoms with Crippen molar-refractivity contribution in [2.24, 2.45) is 16.3 Å². The van der Waals surface area contributed by atoms with Crippen LogP contribution >= 0.6 is 0 Å². The Bertz CT molecular complexity index is 575. The van der Waals surface area contributed by atoms with Crippen LogP contribution in [0.2, 0.25) is 0 Å². The average molecular weight is 422 g/mol. The molecule has 172 valence electrons. The molecule has 30 heavy (non-hydrogen) atoms. The summed E-state index contributed by atoms with van der Waals surface area (Å²) >= 11 is 0. The highest BCUT2D eigenvalue weighted by Gasteiger charge is 2.35. The monoisotopic (exact) mass is 421 g/mol. The molecule has 0 aromatic carbocycles. The number of likely N-dealkylation sites (tertiary alicyclic amines) is 1. The van der Waals surface area contributed by atoms with Crippen LogP contribution in [0.15, 0.2) is 4.99 Å². The molecule has 1 amide bonds. The maximum atomic E-state index is 12.4. The van der Waals surface area contributed by atoms with Gasteiger partial charge >= 0.3 is 0 Å². The Hall–Kier alpha value is -1.34. The molecule has 0 radical (unpaired) electrons. The summed E-state index contributed by atoms with van der Waals surface area (Å²) in [5, 5.41) is 3.49. The second-order valence-electron chi connectivity index (χ2n) is 10.1. The van der Waals surface area contributed by atoms with Gasteiger partial charge in [-0.2, -0.15) is 0 Å². The van der Waals surface area contributed by atoms with Crippen molar-refractivity contribution < 1.29 is 9.53 Å². The van der Waals surface area contributed by atoms with Crippen LogP contribution in [0.5, 0.6) is 0 Å². The minimum atomic E-state index is 0.145. The van der Waals surface area contributed by atoms with Crippen LogP contribution in [0, 0.1) is 11.3 Å². The van der Waals surface area contributed by atoms with Gasteiger partial charge in [0, 0.05) is 64.9 Å². The van der Waals surface area contributed by atoms with Gasteiger partial charge in [-0.05, 0) is 38.0 Å². The van der Waals surface area contributed by atoms with Gasteiger partial charge in [0.15, 0.2) is 5.96 Å². The first-order valence-corrected chi connectivity index (χ1v) is 12.0. The van der Waals surface area contributed by atoms with E-state index in [-0.39, 0.29) is 11.5 Å². The summed E-state index contributed by atoms with van der Waals surface area (Å²) in [5.74, 6) is 1.79. The fourth-order valence-electron chi connectivity index (χ4n) is 4.99. The molecule has 7 heteroatoms. The molecule has 0 saturated carbocycles. The number of rotatable bonds is 5. The predicted molar refractivity (Wildman–Crippen MR) is 122 cm³/mol. The standard InChI is InChI=1S/C23H43N5O2/c1-5-24-22(25-17-19-9-8-16-30-21(19)23(2,3)4)28-14-12-26(13-15-28)18-20(29)27-10-6-7-11-27/h19,21H,5-18H2,1-4H3,(H,24,25). The van der Waals surface area contributed by atoms with Crippen molar-refractivity contribution in [1.29, 1.82) is 0 Å². The van der Waals surface area contributed by atoms with E-state index in [0.29, 0.717) is 18.4 Å². The summed E-state index contributed by atoms with van der Waals surface area (Å²) in [7, 11) is 0. The van der Waals surface area contributed by atoms with Crippen molar-refractivity contribution >= 4 is 11.9 Å². The summed E-state index contributed by atoms with van der Waals surface area (Å²) in [6, 6.07) is 0. The van der Waals surface area contributed by atoms with Crippen LogP contribution in [0.3, 0.4) is 0 Å². The van der Waals surface area contributed by atoms with Crippen LogP contribution in [-0.4, -0.2) is 98.2 Å². The largest absolute Gasteiger partial charge is 0.377 e. The van der Waals surface area contributed by atoms with Gasteiger partial charge in [0.05, 0.1) is 12.6 Å². The molecule has 3 aliphatic rings. The van der Waals surface area contributed by atoms with Crippen molar-refractivity contribution in [2.75, 3.05) is 65.5 Å². The molecule has 3 saturated heterocycles. The van der Waals surface area contributed by atoms with Crippen molar-refractivity contribution in [3.8, 4) is 0 Å². The Balaban J connectivity index is 1.52. The number of piperazine rings is 1.